The van der Waals surface area contributed by atoms with Crippen LogP contribution in [0.15, 0.2) is 40.9 Å². The van der Waals surface area contributed by atoms with E-state index in [4.69, 9.17) is 16.3 Å². The molecule has 0 bridgehead atoms. The molecule has 0 aliphatic carbocycles. The molecule has 2 aromatic rings. The molecule has 0 atom stereocenters. The maximum atomic E-state index is 12.7. The standard InChI is InChI=1S/C19H20BrClN2O2/c1-2-25-17-9-8-13(12-14(17)20)19(24)22-16-7-5-6-15(21)18(16)23-10-3-4-11-23/h5-9,12H,2-4,10-11H2,1H3,(H,22,24). The number of anilines is 2. The van der Waals surface area contributed by atoms with E-state index in [1.165, 1.54) is 0 Å². The van der Waals surface area contributed by atoms with Crippen molar-refractivity contribution in [3.8, 4) is 5.75 Å². The fourth-order valence-electron chi connectivity index (χ4n) is 2.99. The highest BCUT2D eigenvalue weighted by Crippen LogP contribution is 2.36. The molecule has 25 heavy (non-hydrogen) atoms. The second-order valence-electron chi connectivity index (χ2n) is 5.86. The van der Waals surface area contributed by atoms with Gasteiger partial charge < -0.3 is 15.0 Å². The number of ether oxygens (including phenoxy) is 1. The Morgan fingerprint density at radius 3 is 2.72 bits per heavy atom. The number of hydrogen-bond donors (Lipinski definition) is 1. The molecule has 1 aliphatic heterocycles. The van der Waals surface area contributed by atoms with Gasteiger partial charge in [0, 0.05) is 18.7 Å². The molecule has 1 aliphatic rings. The predicted octanol–water partition coefficient (Wildman–Crippen LogP) is 5.35. The van der Waals surface area contributed by atoms with Crippen LogP contribution in [-0.4, -0.2) is 25.6 Å². The highest BCUT2D eigenvalue weighted by atomic mass is 79.9. The van der Waals surface area contributed by atoms with Gasteiger partial charge in [0.15, 0.2) is 0 Å². The quantitative estimate of drug-likeness (QED) is 0.704. The van der Waals surface area contributed by atoms with Crippen molar-refractivity contribution in [1.82, 2.24) is 0 Å². The summed E-state index contributed by atoms with van der Waals surface area (Å²) in [6, 6.07) is 10.9. The van der Waals surface area contributed by atoms with E-state index in [0.29, 0.717) is 17.2 Å². The zero-order valence-corrected chi connectivity index (χ0v) is 16.4. The second-order valence-corrected chi connectivity index (χ2v) is 7.12. The molecule has 0 spiro atoms. The first-order valence-electron chi connectivity index (χ1n) is 8.37. The van der Waals surface area contributed by atoms with Crippen LogP contribution in [0.25, 0.3) is 0 Å². The second kappa shape index (κ2) is 8.11. The Labute approximate surface area is 161 Å². The van der Waals surface area contributed by atoms with Gasteiger partial charge in [0.2, 0.25) is 0 Å². The minimum Gasteiger partial charge on any atom is -0.493 e. The number of para-hydroxylation sites is 1. The van der Waals surface area contributed by atoms with Crippen molar-refractivity contribution in [3.63, 3.8) is 0 Å². The summed E-state index contributed by atoms with van der Waals surface area (Å²) >= 11 is 9.85. The fraction of sp³-hybridized carbons (Fsp3) is 0.316. The summed E-state index contributed by atoms with van der Waals surface area (Å²) < 4.78 is 6.25. The third-order valence-electron chi connectivity index (χ3n) is 4.15. The minimum atomic E-state index is -0.175. The lowest BCUT2D eigenvalue weighted by atomic mass is 10.2. The number of benzene rings is 2. The van der Waals surface area contributed by atoms with Gasteiger partial charge in [-0.05, 0) is 66.0 Å². The van der Waals surface area contributed by atoms with Crippen molar-refractivity contribution in [3.05, 3.63) is 51.5 Å². The van der Waals surface area contributed by atoms with Crippen molar-refractivity contribution in [2.24, 2.45) is 0 Å². The molecule has 1 amide bonds. The molecule has 6 heteroatoms. The van der Waals surface area contributed by atoms with Crippen molar-refractivity contribution in [2.45, 2.75) is 19.8 Å². The van der Waals surface area contributed by atoms with Crippen molar-refractivity contribution >= 4 is 44.8 Å². The van der Waals surface area contributed by atoms with Gasteiger partial charge in [-0.2, -0.15) is 0 Å². The van der Waals surface area contributed by atoms with Crippen LogP contribution < -0.4 is 15.0 Å². The highest BCUT2D eigenvalue weighted by molar-refractivity contribution is 9.10. The van der Waals surface area contributed by atoms with Gasteiger partial charge in [-0.25, -0.2) is 0 Å². The van der Waals surface area contributed by atoms with Crippen molar-refractivity contribution in [2.75, 3.05) is 29.9 Å². The fourth-order valence-corrected chi connectivity index (χ4v) is 3.77. The summed E-state index contributed by atoms with van der Waals surface area (Å²) in [6.07, 6.45) is 2.29. The molecule has 1 fully saturated rings. The Hall–Kier alpha value is -1.72. The van der Waals surface area contributed by atoms with Crippen LogP contribution >= 0.6 is 27.5 Å². The number of hydrogen-bond acceptors (Lipinski definition) is 3. The topological polar surface area (TPSA) is 41.6 Å². The number of amides is 1. The summed E-state index contributed by atoms with van der Waals surface area (Å²) in [6.45, 7) is 4.42. The first-order valence-corrected chi connectivity index (χ1v) is 9.54. The van der Waals surface area contributed by atoms with E-state index >= 15 is 0 Å². The molecular formula is C19H20BrClN2O2. The third kappa shape index (κ3) is 4.10. The molecule has 2 aromatic carbocycles. The first-order chi connectivity index (χ1) is 12.1. The zero-order chi connectivity index (χ0) is 17.8. The summed E-state index contributed by atoms with van der Waals surface area (Å²) in [7, 11) is 0. The molecule has 4 nitrogen and oxygen atoms in total. The number of nitrogens with zero attached hydrogens (tertiary/aromatic N) is 1. The van der Waals surface area contributed by atoms with Crippen LogP contribution in [0.4, 0.5) is 11.4 Å². The van der Waals surface area contributed by atoms with Gasteiger partial charge in [0.25, 0.3) is 5.91 Å². The summed E-state index contributed by atoms with van der Waals surface area (Å²) in [4.78, 5) is 14.9. The van der Waals surface area contributed by atoms with E-state index in [1.807, 2.05) is 25.1 Å². The highest BCUT2D eigenvalue weighted by Gasteiger charge is 2.20. The van der Waals surface area contributed by atoms with E-state index in [9.17, 15) is 4.79 Å². The Bertz CT molecular complexity index is 776. The number of rotatable bonds is 5. The predicted molar refractivity (Wildman–Crippen MR) is 106 cm³/mol. The monoisotopic (exact) mass is 422 g/mol. The van der Waals surface area contributed by atoms with Gasteiger partial charge in [-0.1, -0.05) is 17.7 Å². The van der Waals surface area contributed by atoms with E-state index < -0.39 is 0 Å². The average Bonchev–Trinajstić information content (AvgIpc) is 3.11. The molecule has 0 radical (unpaired) electrons. The number of halogens is 2. The minimum absolute atomic E-state index is 0.175. The average molecular weight is 424 g/mol. The normalized spacial score (nSPS) is 13.8. The largest absolute Gasteiger partial charge is 0.493 e. The third-order valence-corrected chi connectivity index (χ3v) is 5.08. The SMILES string of the molecule is CCOc1ccc(C(=O)Nc2cccc(Cl)c2N2CCCC2)cc1Br. The van der Waals surface area contributed by atoms with Crippen LogP contribution in [0.2, 0.25) is 5.02 Å². The summed E-state index contributed by atoms with van der Waals surface area (Å²) in [5.41, 5.74) is 2.20. The van der Waals surface area contributed by atoms with Gasteiger partial charge >= 0.3 is 0 Å². The molecule has 0 aromatic heterocycles. The maximum Gasteiger partial charge on any atom is 0.255 e. The smallest absolute Gasteiger partial charge is 0.255 e. The van der Waals surface area contributed by atoms with Gasteiger partial charge in [0.05, 0.1) is 27.5 Å². The Kier molecular flexibility index (Phi) is 5.86. The van der Waals surface area contributed by atoms with Gasteiger partial charge in [-0.15, -0.1) is 0 Å². The van der Waals surface area contributed by atoms with Crippen LogP contribution in [0, 0.1) is 0 Å². The molecule has 0 saturated carbocycles. The van der Waals surface area contributed by atoms with E-state index in [0.717, 1.165) is 47.5 Å². The van der Waals surface area contributed by atoms with Crippen LogP contribution in [0.5, 0.6) is 5.75 Å². The van der Waals surface area contributed by atoms with E-state index in [-0.39, 0.29) is 5.91 Å². The molecule has 1 saturated heterocycles. The van der Waals surface area contributed by atoms with Crippen LogP contribution in [-0.2, 0) is 0 Å². The Morgan fingerprint density at radius 1 is 1.28 bits per heavy atom. The van der Waals surface area contributed by atoms with E-state index in [1.54, 1.807) is 18.2 Å². The summed E-state index contributed by atoms with van der Waals surface area (Å²) in [5, 5.41) is 3.66. The first kappa shape index (κ1) is 18.1. The number of nitrogens with one attached hydrogen (secondary N) is 1. The Morgan fingerprint density at radius 2 is 2.04 bits per heavy atom. The lowest BCUT2D eigenvalue weighted by Gasteiger charge is -2.23. The molecule has 0 unspecified atom stereocenters. The molecular weight excluding hydrogens is 404 g/mol. The Balaban J connectivity index is 1.84. The molecule has 1 heterocycles. The number of carbonyl (C=O) groups excluding carboxylic acids is 1. The summed E-state index contributed by atoms with van der Waals surface area (Å²) in [5.74, 6) is 0.547. The van der Waals surface area contributed by atoms with Crippen LogP contribution in [0.1, 0.15) is 30.1 Å². The molecule has 1 N–H and O–H groups in total. The lowest BCUT2D eigenvalue weighted by molar-refractivity contribution is 0.102. The van der Waals surface area contributed by atoms with Crippen molar-refractivity contribution in [1.29, 1.82) is 0 Å². The molecule has 132 valence electrons. The lowest BCUT2D eigenvalue weighted by Crippen LogP contribution is -2.21. The van der Waals surface area contributed by atoms with Crippen molar-refractivity contribution < 1.29 is 9.53 Å². The molecule has 3 rings (SSSR count). The zero-order valence-electron chi connectivity index (χ0n) is 14.0. The van der Waals surface area contributed by atoms with Gasteiger partial charge in [-0.3, -0.25) is 4.79 Å². The number of carbonyl (C=O) groups is 1. The maximum absolute atomic E-state index is 12.7. The van der Waals surface area contributed by atoms with E-state index in [2.05, 4.69) is 26.1 Å². The van der Waals surface area contributed by atoms with Crippen LogP contribution in [0.3, 0.4) is 0 Å². The van der Waals surface area contributed by atoms with Gasteiger partial charge in [0.1, 0.15) is 5.75 Å².